The molecule has 1 amide bonds. The van der Waals surface area contributed by atoms with Crippen LogP contribution in [0, 0.1) is 0 Å². The van der Waals surface area contributed by atoms with E-state index < -0.39 is 15.1 Å². The lowest BCUT2D eigenvalue weighted by atomic mass is 10.2. The fourth-order valence-electron chi connectivity index (χ4n) is 1.59. The molecule has 1 aliphatic heterocycles. The molecule has 96 valence electrons. The van der Waals surface area contributed by atoms with E-state index in [1.807, 2.05) is 6.92 Å². The van der Waals surface area contributed by atoms with Crippen LogP contribution in [0.25, 0.3) is 0 Å². The number of amides is 1. The number of carbonyl (C=O) groups excluding carboxylic acids is 1. The predicted octanol–water partition coefficient (Wildman–Crippen LogP) is -0.338. The lowest BCUT2D eigenvalue weighted by Crippen LogP contribution is -2.55. The fourth-order valence-corrected chi connectivity index (χ4v) is 2.09. The van der Waals surface area contributed by atoms with Crippen LogP contribution in [-0.2, 0) is 14.6 Å². The van der Waals surface area contributed by atoms with Gasteiger partial charge in [0.2, 0.25) is 5.91 Å². The van der Waals surface area contributed by atoms with E-state index in [2.05, 4.69) is 5.32 Å². The zero-order valence-electron chi connectivity index (χ0n) is 9.76. The number of halogens is 1. The lowest BCUT2D eigenvalue weighted by molar-refractivity contribution is -0.133. The van der Waals surface area contributed by atoms with Crippen LogP contribution < -0.4 is 5.32 Å². The Hall–Kier alpha value is -0.330. The molecular formula is C9H19ClN2O3S. The van der Waals surface area contributed by atoms with Gasteiger partial charge in [-0.25, -0.2) is 8.42 Å². The number of sulfone groups is 1. The highest BCUT2D eigenvalue weighted by Gasteiger charge is 2.31. The second-order valence-electron chi connectivity index (χ2n) is 4.06. The minimum Gasteiger partial charge on any atom is -0.336 e. The van der Waals surface area contributed by atoms with Crippen LogP contribution in [0.1, 0.15) is 13.8 Å². The molecule has 5 nitrogen and oxygen atoms in total. The SMILES string of the molecule is CC(C(=O)N1CCNC[C@H]1C)S(C)(=O)=O.Cl. The van der Waals surface area contributed by atoms with Crippen LogP contribution in [0.15, 0.2) is 0 Å². The topological polar surface area (TPSA) is 66.5 Å². The Labute approximate surface area is 103 Å². The average Bonchev–Trinajstić information content (AvgIpc) is 2.15. The van der Waals surface area contributed by atoms with Crippen molar-refractivity contribution in [3.05, 3.63) is 0 Å². The molecule has 2 atom stereocenters. The van der Waals surface area contributed by atoms with E-state index in [-0.39, 0.29) is 24.4 Å². The molecule has 0 radical (unpaired) electrons. The summed E-state index contributed by atoms with van der Waals surface area (Å²) in [6.45, 7) is 5.40. The Balaban J connectivity index is 0.00000225. The molecule has 1 aliphatic rings. The van der Waals surface area contributed by atoms with Gasteiger partial charge in [-0.1, -0.05) is 0 Å². The molecule has 1 fully saturated rings. The first kappa shape index (κ1) is 15.7. The van der Waals surface area contributed by atoms with Crippen molar-refractivity contribution in [1.29, 1.82) is 0 Å². The monoisotopic (exact) mass is 270 g/mol. The molecular weight excluding hydrogens is 252 g/mol. The second kappa shape index (κ2) is 5.84. The van der Waals surface area contributed by atoms with E-state index in [1.165, 1.54) is 6.92 Å². The predicted molar refractivity (Wildman–Crippen MR) is 65.6 cm³/mol. The average molecular weight is 271 g/mol. The van der Waals surface area contributed by atoms with Crippen molar-refractivity contribution in [2.75, 3.05) is 25.9 Å². The molecule has 1 saturated heterocycles. The summed E-state index contributed by atoms with van der Waals surface area (Å²) < 4.78 is 22.5. The van der Waals surface area contributed by atoms with Crippen LogP contribution in [0.2, 0.25) is 0 Å². The normalized spacial score (nSPS) is 23.4. The molecule has 0 bridgehead atoms. The molecule has 1 N–H and O–H groups in total. The van der Waals surface area contributed by atoms with Crippen LogP contribution in [-0.4, -0.2) is 56.4 Å². The van der Waals surface area contributed by atoms with Crippen molar-refractivity contribution in [3.8, 4) is 0 Å². The molecule has 0 aromatic heterocycles. The third-order valence-electron chi connectivity index (χ3n) is 2.77. The smallest absolute Gasteiger partial charge is 0.240 e. The first-order valence-electron chi connectivity index (χ1n) is 5.04. The van der Waals surface area contributed by atoms with Crippen LogP contribution in [0.5, 0.6) is 0 Å². The van der Waals surface area contributed by atoms with E-state index in [0.29, 0.717) is 6.54 Å². The van der Waals surface area contributed by atoms with Crippen LogP contribution in [0.4, 0.5) is 0 Å². The number of nitrogens with one attached hydrogen (secondary N) is 1. The molecule has 0 aromatic carbocycles. The summed E-state index contributed by atoms with van der Waals surface area (Å²) in [5.74, 6) is -0.286. The summed E-state index contributed by atoms with van der Waals surface area (Å²) >= 11 is 0. The second-order valence-corrected chi connectivity index (χ2v) is 6.42. The van der Waals surface area contributed by atoms with E-state index in [9.17, 15) is 13.2 Å². The van der Waals surface area contributed by atoms with Gasteiger partial charge in [-0.3, -0.25) is 4.79 Å². The van der Waals surface area contributed by atoms with E-state index in [1.54, 1.807) is 4.90 Å². The molecule has 0 aliphatic carbocycles. The van der Waals surface area contributed by atoms with Crippen molar-refractivity contribution in [2.45, 2.75) is 25.1 Å². The van der Waals surface area contributed by atoms with Crippen molar-refractivity contribution in [1.82, 2.24) is 10.2 Å². The van der Waals surface area contributed by atoms with Gasteiger partial charge < -0.3 is 10.2 Å². The van der Waals surface area contributed by atoms with Crippen molar-refractivity contribution >= 4 is 28.2 Å². The Morgan fingerprint density at radius 3 is 2.50 bits per heavy atom. The minimum atomic E-state index is -3.29. The number of piperazine rings is 1. The Kier molecular flexibility index (Phi) is 5.72. The summed E-state index contributed by atoms with van der Waals surface area (Å²) in [5, 5.41) is 2.22. The van der Waals surface area contributed by atoms with Crippen molar-refractivity contribution < 1.29 is 13.2 Å². The molecule has 7 heteroatoms. The van der Waals surface area contributed by atoms with Crippen LogP contribution in [0.3, 0.4) is 0 Å². The number of nitrogens with zero attached hydrogens (tertiary/aromatic N) is 1. The summed E-state index contributed by atoms with van der Waals surface area (Å²) in [6.07, 6.45) is 1.10. The van der Waals surface area contributed by atoms with E-state index >= 15 is 0 Å². The largest absolute Gasteiger partial charge is 0.336 e. The van der Waals surface area contributed by atoms with Gasteiger partial charge in [0.1, 0.15) is 5.25 Å². The van der Waals surface area contributed by atoms with E-state index in [0.717, 1.165) is 19.3 Å². The van der Waals surface area contributed by atoms with Gasteiger partial charge in [0.25, 0.3) is 0 Å². The highest BCUT2D eigenvalue weighted by molar-refractivity contribution is 7.92. The van der Waals surface area contributed by atoms with Gasteiger partial charge in [0, 0.05) is 31.9 Å². The zero-order valence-corrected chi connectivity index (χ0v) is 11.4. The third-order valence-corrected chi connectivity index (χ3v) is 4.26. The van der Waals surface area contributed by atoms with Gasteiger partial charge in [-0.15, -0.1) is 12.4 Å². The zero-order chi connectivity index (χ0) is 11.6. The summed E-state index contributed by atoms with van der Waals surface area (Å²) in [5.41, 5.74) is 0. The van der Waals surface area contributed by atoms with Crippen molar-refractivity contribution in [3.63, 3.8) is 0 Å². The number of hydrogen-bond acceptors (Lipinski definition) is 4. The summed E-state index contributed by atoms with van der Waals surface area (Å²) in [4.78, 5) is 13.5. The third kappa shape index (κ3) is 3.61. The molecule has 0 spiro atoms. The number of carbonyl (C=O) groups is 1. The molecule has 1 heterocycles. The highest BCUT2D eigenvalue weighted by Crippen LogP contribution is 2.09. The first-order chi connectivity index (χ1) is 6.84. The van der Waals surface area contributed by atoms with Gasteiger partial charge >= 0.3 is 0 Å². The highest BCUT2D eigenvalue weighted by atomic mass is 35.5. The lowest BCUT2D eigenvalue weighted by Gasteiger charge is -2.35. The maximum absolute atomic E-state index is 11.9. The fraction of sp³-hybridized carbons (Fsp3) is 0.889. The van der Waals surface area contributed by atoms with Crippen LogP contribution >= 0.6 is 12.4 Å². The summed E-state index contributed by atoms with van der Waals surface area (Å²) in [7, 11) is -3.29. The Bertz CT molecular complexity index is 345. The molecule has 0 saturated carbocycles. The maximum atomic E-state index is 11.9. The molecule has 16 heavy (non-hydrogen) atoms. The van der Waals surface area contributed by atoms with E-state index in [4.69, 9.17) is 0 Å². The molecule has 0 aromatic rings. The molecule has 1 unspecified atom stereocenters. The number of rotatable bonds is 2. The van der Waals surface area contributed by atoms with Gasteiger partial charge in [0.15, 0.2) is 9.84 Å². The minimum absolute atomic E-state index is 0. The maximum Gasteiger partial charge on any atom is 0.240 e. The first-order valence-corrected chi connectivity index (χ1v) is 6.99. The Morgan fingerprint density at radius 2 is 2.06 bits per heavy atom. The summed E-state index contributed by atoms with van der Waals surface area (Å²) in [6, 6.07) is 0.0652. The Morgan fingerprint density at radius 1 is 1.50 bits per heavy atom. The van der Waals surface area contributed by atoms with Gasteiger partial charge in [-0.05, 0) is 13.8 Å². The number of hydrogen-bond donors (Lipinski definition) is 1. The standard InChI is InChI=1S/C9H18N2O3S.ClH/c1-7-6-10-4-5-11(7)9(12)8(2)15(3,13)14;/h7-8,10H,4-6H2,1-3H3;1H/t7-,8?;/m1./s1. The van der Waals surface area contributed by atoms with Gasteiger partial charge in [0.05, 0.1) is 0 Å². The molecule has 1 rings (SSSR count). The van der Waals surface area contributed by atoms with Crippen molar-refractivity contribution in [2.24, 2.45) is 0 Å². The quantitative estimate of drug-likeness (QED) is 0.746. The van der Waals surface area contributed by atoms with Gasteiger partial charge in [-0.2, -0.15) is 0 Å².